The van der Waals surface area contributed by atoms with Crippen LogP contribution in [0, 0.1) is 5.92 Å². The van der Waals surface area contributed by atoms with E-state index in [1.165, 1.54) is 5.56 Å². The van der Waals surface area contributed by atoms with Gasteiger partial charge in [0, 0.05) is 24.4 Å². The molecule has 1 fully saturated rings. The highest BCUT2D eigenvalue weighted by molar-refractivity contribution is 5.94. The van der Waals surface area contributed by atoms with Crippen LogP contribution < -0.4 is 5.32 Å². The third kappa shape index (κ3) is 3.18. The van der Waals surface area contributed by atoms with Crippen LogP contribution in [0.4, 0.5) is 5.82 Å². The molecule has 1 N–H and O–H groups in total. The summed E-state index contributed by atoms with van der Waals surface area (Å²) < 4.78 is 7.04. The number of furan rings is 1. The zero-order valence-electron chi connectivity index (χ0n) is 14.9. The molecule has 1 aliphatic rings. The molecule has 4 aromatic rings. The van der Waals surface area contributed by atoms with Gasteiger partial charge in [0.25, 0.3) is 0 Å². The lowest BCUT2D eigenvalue weighted by Crippen LogP contribution is -2.16. The van der Waals surface area contributed by atoms with Crippen LogP contribution in [-0.4, -0.2) is 25.7 Å². The summed E-state index contributed by atoms with van der Waals surface area (Å²) >= 11 is 0. The zero-order valence-corrected chi connectivity index (χ0v) is 14.9. The largest absolute Gasteiger partial charge is 0.461 e. The predicted molar refractivity (Wildman–Crippen MR) is 103 cm³/mol. The molecule has 1 aromatic carbocycles. The fraction of sp³-hybridized carbons (Fsp3) is 0.143. The molecule has 7 nitrogen and oxygen atoms in total. The van der Waals surface area contributed by atoms with Crippen LogP contribution in [0.15, 0.2) is 77.7 Å². The van der Waals surface area contributed by atoms with E-state index in [1.807, 2.05) is 24.3 Å². The van der Waals surface area contributed by atoms with Crippen molar-refractivity contribution in [3.8, 4) is 17.4 Å². The Kier molecular flexibility index (Phi) is 3.97. The summed E-state index contributed by atoms with van der Waals surface area (Å²) in [5, 5.41) is 7.15. The minimum Gasteiger partial charge on any atom is -0.461 e. The van der Waals surface area contributed by atoms with E-state index in [-0.39, 0.29) is 17.7 Å². The van der Waals surface area contributed by atoms with Crippen molar-refractivity contribution >= 4 is 11.7 Å². The van der Waals surface area contributed by atoms with Gasteiger partial charge in [0.2, 0.25) is 5.91 Å². The van der Waals surface area contributed by atoms with E-state index < -0.39 is 0 Å². The van der Waals surface area contributed by atoms with Crippen molar-refractivity contribution in [2.75, 3.05) is 5.32 Å². The lowest BCUT2D eigenvalue weighted by atomic mass is 10.1. The molecule has 2 atom stereocenters. The topological polar surface area (TPSA) is 85.8 Å². The number of anilines is 1. The van der Waals surface area contributed by atoms with Gasteiger partial charge in [-0.15, -0.1) is 0 Å². The SMILES string of the molecule is O=C(Nc1cc(-n2cccn2)nc(-c2ccco2)n1)C1CC1c1ccccc1. The third-order valence-corrected chi connectivity index (χ3v) is 4.80. The Balaban J connectivity index is 1.41. The second kappa shape index (κ2) is 6.77. The van der Waals surface area contributed by atoms with Gasteiger partial charge in [-0.1, -0.05) is 30.3 Å². The highest BCUT2D eigenvalue weighted by Crippen LogP contribution is 2.47. The van der Waals surface area contributed by atoms with Crippen molar-refractivity contribution in [1.29, 1.82) is 0 Å². The maximum atomic E-state index is 12.7. The summed E-state index contributed by atoms with van der Waals surface area (Å²) in [5.74, 6) is 2.08. The van der Waals surface area contributed by atoms with Crippen LogP contribution in [0.1, 0.15) is 17.9 Å². The predicted octanol–water partition coefficient (Wildman–Crippen LogP) is 3.66. The van der Waals surface area contributed by atoms with Gasteiger partial charge in [-0.3, -0.25) is 4.79 Å². The maximum Gasteiger partial charge on any atom is 0.229 e. The minimum absolute atomic E-state index is 0.0376. The molecule has 138 valence electrons. The first-order valence-electron chi connectivity index (χ1n) is 9.07. The van der Waals surface area contributed by atoms with E-state index in [4.69, 9.17) is 4.42 Å². The van der Waals surface area contributed by atoms with E-state index in [1.54, 1.807) is 41.5 Å². The molecule has 3 heterocycles. The Hall–Kier alpha value is -3.74. The average molecular weight is 371 g/mol. The molecule has 0 radical (unpaired) electrons. The van der Waals surface area contributed by atoms with Crippen molar-refractivity contribution in [1.82, 2.24) is 19.7 Å². The van der Waals surface area contributed by atoms with E-state index >= 15 is 0 Å². The first kappa shape index (κ1) is 16.4. The van der Waals surface area contributed by atoms with E-state index in [0.29, 0.717) is 23.2 Å². The third-order valence-electron chi connectivity index (χ3n) is 4.80. The van der Waals surface area contributed by atoms with Gasteiger partial charge >= 0.3 is 0 Å². The summed E-state index contributed by atoms with van der Waals surface area (Å²) in [5.41, 5.74) is 1.19. The molecule has 28 heavy (non-hydrogen) atoms. The Morgan fingerprint density at radius 3 is 2.75 bits per heavy atom. The molecule has 7 heteroatoms. The van der Waals surface area contributed by atoms with Crippen LogP contribution in [0.25, 0.3) is 17.4 Å². The second-order valence-electron chi connectivity index (χ2n) is 6.71. The first-order chi connectivity index (χ1) is 13.8. The van der Waals surface area contributed by atoms with E-state index in [9.17, 15) is 4.79 Å². The number of carbonyl (C=O) groups is 1. The van der Waals surface area contributed by atoms with Crippen LogP contribution in [0.3, 0.4) is 0 Å². The van der Waals surface area contributed by atoms with Crippen molar-refractivity contribution < 1.29 is 9.21 Å². The van der Waals surface area contributed by atoms with Crippen molar-refractivity contribution in [3.63, 3.8) is 0 Å². The Morgan fingerprint density at radius 1 is 1.11 bits per heavy atom. The smallest absolute Gasteiger partial charge is 0.229 e. The number of carbonyl (C=O) groups excluding carboxylic acids is 1. The number of hydrogen-bond acceptors (Lipinski definition) is 5. The van der Waals surface area contributed by atoms with Crippen molar-refractivity contribution in [3.05, 3.63) is 78.8 Å². The number of aromatic nitrogens is 4. The second-order valence-corrected chi connectivity index (χ2v) is 6.71. The molecule has 0 saturated heterocycles. The fourth-order valence-corrected chi connectivity index (χ4v) is 3.31. The van der Waals surface area contributed by atoms with Gasteiger partial charge in [-0.05, 0) is 36.1 Å². The highest BCUT2D eigenvalue weighted by atomic mass is 16.3. The fourth-order valence-electron chi connectivity index (χ4n) is 3.31. The van der Waals surface area contributed by atoms with Gasteiger partial charge < -0.3 is 9.73 Å². The molecule has 0 bridgehead atoms. The molecule has 0 aliphatic heterocycles. The molecule has 0 spiro atoms. The van der Waals surface area contributed by atoms with Crippen molar-refractivity contribution in [2.24, 2.45) is 5.92 Å². The normalized spacial score (nSPS) is 18.0. The lowest BCUT2D eigenvalue weighted by molar-refractivity contribution is -0.117. The standard InChI is InChI=1S/C21H17N5O2/c27-21(16-12-15(16)14-6-2-1-3-7-14)24-18-13-19(26-10-5-9-22-26)25-20(23-18)17-8-4-11-28-17/h1-11,13,15-16H,12H2,(H,23,24,25,27). The number of benzene rings is 1. The molecule has 3 aromatic heterocycles. The van der Waals surface area contributed by atoms with Crippen LogP contribution >= 0.6 is 0 Å². The molecular formula is C21H17N5O2. The van der Waals surface area contributed by atoms with E-state index in [2.05, 4.69) is 32.5 Å². The highest BCUT2D eigenvalue weighted by Gasteiger charge is 2.44. The molecular weight excluding hydrogens is 354 g/mol. The Morgan fingerprint density at radius 2 is 2.00 bits per heavy atom. The number of hydrogen-bond donors (Lipinski definition) is 1. The molecule has 2 unspecified atom stereocenters. The maximum absolute atomic E-state index is 12.7. The van der Waals surface area contributed by atoms with Crippen LogP contribution in [0.2, 0.25) is 0 Å². The summed E-state index contributed by atoms with van der Waals surface area (Å²) in [6.45, 7) is 0. The Bertz CT molecular complexity index is 1040. The van der Waals surface area contributed by atoms with Gasteiger partial charge in [-0.2, -0.15) is 5.10 Å². The van der Waals surface area contributed by atoms with Gasteiger partial charge in [0.15, 0.2) is 17.4 Å². The average Bonchev–Trinajstić information content (AvgIpc) is 3.12. The summed E-state index contributed by atoms with van der Waals surface area (Å²) in [4.78, 5) is 21.7. The number of nitrogens with one attached hydrogen (secondary N) is 1. The van der Waals surface area contributed by atoms with Gasteiger partial charge in [-0.25, -0.2) is 14.6 Å². The van der Waals surface area contributed by atoms with Gasteiger partial charge in [0.1, 0.15) is 5.82 Å². The lowest BCUT2D eigenvalue weighted by Gasteiger charge is -2.09. The first-order valence-corrected chi connectivity index (χ1v) is 9.07. The van der Waals surface area contributed by atoms with Crippen LogP contribution in [0.5, 0.6) is 0 Å². The number of rotatable bonds is 5. The molecule has 1 amide bonds. The summed E-state index contributed by atoms with van der Waals surface area (Å²) in [7, 11) is 0. The molecule has 1 aliphatic carbocycles. The summed E-state index contributed by atoms with van der Waals surface area (Å²) in [6.07, 6.45) is 5.86. The van der Waals surface area contributed by atoms with Gasteiger partial charge in [0.05, 0.1) is 6.26 Å². The zero-order chi connectivity index (χ0) is 18.9. The number of amides is 1. The Labute approximate surface area is 161 Å². The van der Waals surface area contributed by atoms with Crippen LogP contribution in [-0.2, 0) is 4.79 Å². The quantitative estimate of drug-likeness (QED) is 0.578. The number of nitrogens with zero attached hydrogens (tertiary/aromatic N) is 4. The monoisotopic (exact) mass is 371 g/mol. The summed E-state index contributed by atoms with van der Waals surface area (Å²) in [6, 6.07) is 17.2. The minimum atomic E-state index is -0.0439. The van der Waals surface area contributed by atoms with E-state index in [0.717, 1.165) is 6.42 Å². The van der Waals surface area contributed by atoms with Crippen molar-refractivity contribution in [2.45, 2.75) is 12.3 Å². The molecule has 5 rings (SSSR count). The molecule has 1 saturated carbocycles.